The summed E-state index contributed by atoms with van der Waals surface area (Å²) in [5.74, 6) is 4.60. The highest BCUT2D eigenvalue weighted by Gasteiger charge is 2.42. The summed E-state index contributed by atoms with van der Waals surface area (Å²) in [4.78, 5) is 13.0. The number of para-hydroxylation sites is 1. The molecular weight excluding hydrogens is 432 g/mol. The normalized spacial score (nSPS) is 23.6. The number of nitrogens with zero attached hydrogens (tertiary/aromatic N) is 3. The van der Waals surface area contributed by atoms with Crippen LogP contribution >= 0.6 is 11.8 Å². The third kappa shape index (κ3) is 6.11. The standard InChI is InChI=1S/C26H38N4O2S/c1-17(2)12-13-30-24(16-32-22-8-6-5-7-9-22)28-29-26(30)33-19(4)25(31)27-18(3)23-15-20-10-11-21(23)14-20/h5-9,17-21,23H,10-16H2,1-4H3,(H,27,31). The molecule has 1 amide bonds. The molecule has 4 rings (SSSR count). The second-order valence-corrected chi connectivity index (χ2v) is 11.5. The molecule has 1 aromatic carbocycles. The van der Waals surface area contributed by atoms with E-state index in [1.165, 1.54) is 37.4 Å². The number of benzene rings is 1. The van der Waals surface area contributed by atoms with E-state index in [4.69, 9.17) is 4.74 Å². The Morgan fingerprint density at radius 3 is 2.61 bits per heavy atom. The summed E-state index contributed by atoms with van der Waals surface area (Å²) in [6.45, 7) is 9.75. The van der Waals surface area contributed by atoms with Crippen molar-refractivity contribution in [3.8, 4) is 5.75 Å². The molecule has 1 heterocycles. The van der Waals surface area contributed by atoms with E-state index in [9.17, 15) is 4.79 Å². The minimum atomic E-state index is -0.226. The van der Waals surface area contributed by atoms with Crippen molar-refractivity contribution in [2.75, 3.05) is 0 Å². The number of hydrogen-bond acceptors (Lipinski definition) is 5. The van der Waals surface area contributed by atoms with Gasteiger partial charge >= 0.3 is 0 Å². The Kier molecular flexibility index (Phi) is 7.99. The lowest BCUT2D eigenvalue weighted by Gasteiger charge is -2.29. The van der Waals surface area contributed by atoms with Crippen LogP contribution in [0.4, 0.5) is 0 Å². The Labute approximate surface area is 202 Å². The fourth-order valence-electron chi connectivity index (χ4n) is 5.36. The molecule has 1 N–H and O–H groups in total. The minimum absolute atomic E-state index is 0.0933. The van der Waals surface area contributed by atoms with Gasteiger partial charge in [0.05, 0.1) is 5.25 Å². The van der Waals surface area contributed by atoms with Gasteiger partial charge in [0.25, 0.3) is 0 Å². The first-order chi connectivity index (χ1) is 15.9. The number of ether oxygens (including phenoxy) is 1. The summed E-state index contributed by atoms with van der Waals surface area (Å²) >= 11 is 1.49. The van der Waals surface area contributed by atoms with Crippen molar-refractivity contribution in [3.63, 3.8) is 0 Å². The molecule has 2 aliphatic rings. The van der Waals surface area contributed by atoms with Gasteiger partial charge in [-0.1, -0.05) is 50.2 Å². The third-order valence-electron chi connectivity index (χ3n) is 7.29. The Morgan fingerprint density at radius 2 is 1.94 bits per heavy atom. The Balaban J connectivity index is 1.37. The maximum Gasteiger partial charge on any atom is 0.233 e. The van der Waals surface area contributed by atoms with Crippen LogP contribution < -0.4 is 10.1 Å². The molecule has 5 atom stereocenters. The Hall–Kier alpha value is -2.02. The lowest BCUT2D eigenvalue weighted by molar-refractivity contribution is -0.121. The molecule has 0 radical (unpaired) electrons. The van der Waals surface area contributed by atoms with Gasteiger partial charge in [0.2, 0.25) is 5.91 Å². The number of carbonyl (C=O) groups is 1. The van der Waals surface area contributed by atoms with Gasteiger partial charge in [-0.3, -0.25) is 4.79 Å². The van der Waals surface area contributed by atoms with E-state index in [2.05, 4.69) is 40.9 Å². The number of nitrogens with one attached hydrogen (secondary N) is 1. The smallest absolute Gasteiger partial charge is 0.233 e. The van der Waals surface area contributed by atoms with Crippen molar-refractivity contribution in [3.05, 3.63) is 36.2 Å². The van der Waals surface area contributed by atoms with Crippen LogP contribution in [0.25, 0.3) is 0 Å². The van der Waals surface area contributed by atoms with E-state index >= 15 is 0 Å². The maximum absolute atomic E-state index is 13.0. The number of carbonyl (C=O) groups excluding carboxylic acids is 1. The molecule has 6 nitrogen and oxygen atoms in total. The molecule has 180 valence electrons. The van der Waals surface area contributed by atoms with Crippen LogP contribution in [-0.4, -0.2) is 32.0 Å². The van der Waals surface area contributed by atoms with Gasteiger partial charge in [0.15, 0.2) is 11.0 Å². The predicted molar refractivity (Wildman–Crippen MR) is 132 cm³/mol. The third-order valence-corrected chi connectivity index (χ3v) is 8.37. The molecule has 2 fully saturated rings. The molecule has 33 heavy (non-hydrogen) atoms. The van der Waals surface area contributed by atoms with Crippen LogP contribution in [0.15, 0.2) is 35.5 Å². The first kappa shape index (κ1) is 24.1. The average Bonchev–Trinajstić information content (AvgIpc) is 3.53. The summed E-state index contributed by atoms with van der Waals surface area (Å²) in [7, 11) is 0. The van der Waals surface area contributed by atoms with Crippen LogP contribution in [0, 0.1) is 23.7 Å². The quantitative estimate of drug-likeness (QED) is 0.450. The van der Waals surface area contributed by atoms with Gasteiger partial charge in [0.1, 0.15) is 12.4 Å². The van der Waals surface area contributed by atoms with Crippen LogP contribution in [0.1, 0.15) is 65.6 Å². The summed E-state index contributed by atoms with van der Waals surface area (Å²) in [5, 5.41) is 12.7. The van der Waals surface area contributed by atoms with Crippen molar-refractivity contribution in [1.29, 1.82) is 0 Å². The van der Waals surface area contributed by atoms with Gasteiger partial charge in [-0.25, -0.2) is 0 Å². The number of hydrogen-bond donors (Lipinski definition) is 1. The van der Waals surface area contributed by atoms with Gasteiger partial charge in [-0.2, -0.15) is 0 Å². The molecule has 0 spiro atoms. The van der Waals surface area contributed by atoms with Crippen LogP contribution in [-0.2, 0) is 17.9 Å². The van der Waals surface area contributed by atoms with Crippen molar-refractivity contribution in [1.82, 2.24) is 20.1 Å². The van der Waals surface area contributed by atoms with Crippen molar-refractivity contribution in [2.45, 2.75) is 89.4 Å². The highest BCUT2D eigenvalue weighted by Crippen LogP contribution is 2.49. The van der Waals surface area contributed by atoms with E-state index < -0.39 is 0 Å². The lowest BCUT2D eigenvalue weighted by atomic mass is 9.84. The maximum atomic E-state index is 13.0. The van der Waals surface area contributed by atoms with E-state index in [1.807, 2.05) is 37.3 Å². The predicted octanol–water partition coefficient (Wildman–Crippen LogP) is 5.32. The zero-order chi connectivity index (χ0) is 23.4. The second kappa shape index (κ2) is 10.9. The number of thioether (sulfide) groups is 1. The first-order valence-corrected chi connectivity index (χ1v) is 13.4. The van der Waals surface area contributed by atoms with E-state index in [1.54, 1.807) is 0 Å². The molecule has 7 heteroatoms. The zero-order valence-electron chi connectivity index (χ0n) is 20.4. The highest BCUT2D eigenvalue weighted by molar-refractivity contribution is 8.00. The molecule has 2 saturated carbocycles. The molecular formula is C26H38N4O2S. The summed E-state index contributed by atoms with van der Waals surface area (Å²) in [6.07, 6.45) is 6.39. The fraction of sp³-hybridized carbons (Fsp3) is 0.654. The summed E-state index contributed by atoms with van der Waals surface area (Å²) < 4.78 is 8.05. The Morgan fingerprint density at radius 1 is 1.15 bits per heavy atom. The number of amides is 1. The first-order valence-electron chi connectivity index (χ1n) is 12.5. The van der Waals surface area contributed by atoms with Gasteiger partial charge in [-0.15, -0.1) is 10.2 Å². The monoisotopic (exact) mass is 470 g/mol. The largest absolute Gasteiger partial charge is 0.486 e. The van der Waals surface area contributed by atoms with Crippen LogP contribution in [0.2, 0.25) is 0 Å². The van der Waals surface area contributed by atoms with Crippen LogP contribution in [0.5, 0.6) is 5.75 Å². The molecule has 1 aromatic heterocycles. The SMILES string of the molecule is CC(C)CCn1c(COc2ccccc2)nnc1SC(C)C(=O)NC(C)C1CC2CCC1C2. The van der Waals surface area contributed by atoms with Gasteiger partial charge in [0, 0.05) is 12.6 Å². The van der Waals surface area contributed by atoms with Crippen molar-refractivity contribution >= 4 is 17.7 Å². The lowest BCUT2D eigenvalue weighted by Crippen LogP contribution is -2.43. The zero-order valence-corrected chi connectivity index (χ0v) is 21.2. The Bertz CT molecular complexity index is 916. The summed E-state index contributed by atoms with van der Waals surface area (Å²) in [6, 6.07) is 10.0. The molecule has 2 aromatic rings. The van der Waals surface area contributed by atoms with Gasteiger partial charge < -0.3 is 14.6 Å². The number of aromatic nitrogens is 3. The van der Waals surface area contributed by atoms with E-state index in [0.717, 1.165) is 41.5 Å². The molecule has 5 unspecified atom stereocenters. The molecule has 2 bridgehead atoms. The average molecular weight is 471 g/mol. The summed E-state index contributed by atoms with van der Waals surface area (Å²) in [5.41, 5.74) is 0. The van der Waals surface area contributed by atoms with Crippen molar-refractivity contribution < 1.29 is 9.53 Å². The second-order valence-electron chi connectivity index (χ2n) is 10.2. The minimum Gasteiger partial charge on any atom is -0.486 e. The highest BCUT2D eigenvalue weighted by atomic mass is 32.2. The topological polar surface area (TPSA) is 69.0 Å². The van der Waals surface area contributed by atoms with Gasteiger partial charge in [-0.05, 0) is 75.3 Å². The fourth-order valence-corrected chi connectivity index (χ4v) is 6.26. The molecule has 0 aliphatic heterocycles. The van der Waals surface area contributed by atoms with Crippen LogP contribution in [0.3, 0.4) is 0 Å². The number of fused-ring (bicyclic) bond motifs is 2. The van der Waals surface area contributed by atoms with E-state index in [-0.39, 0.29) is 17.2 Å². The molecule has 2 aliphatic carbocycles. The van der Waals surface area contributed by atoms with Crippen molar-refractivity contribution in [2.24, 2.45) is 23.7 Å². The van der Waals surface area contributed by atoms with E-state index in [0.29, 0.717) is 18.4 Å². The molecule has 0 saturated heterocycles. The number of rotatable bonds is 11.